The summed E-state index contributed by atoms with van der Waals surface area (Å²) in [5, 5.41) is 10.0. The average molecular weight is 360 g/mol. The number of rotatable bonds is 4. The zero-order chi connectivity index (χ0) is 19.0. The molecule has 0 fully saturated rings. The zero-order valence-electron chi connectivity index (χ0n) is 14.5. The molecule has 2 heterocycles. The molecule has 4 rings (SSSR count). The van der Waals surface area contributed by atoms with Crippen LogP contribution in [-0.4, -0.2) is 28.4 Å². The van der Waals surface area contributed by atoms with Gasteiger partial charge in [0, 0.05) is 5.56 Å². The van der Waals surface area contributed by atoms with E-state index in [2.05, 4.69) is 0 Å². The summed E-state index contributed by atoms with van der Waals surface area (Å²) in [4.78, 5) is 25.4. The zero-order valence-corrected chi connectivity index (χ0v) is 14.5. The minimum Gasteiger partial charge on any atom is -0.497 e. The van der Waals surface area contributed by atoms with Gasteiger partial charge in [-0.25, -0.2) is 5.48 Å². The molecule has 0 aliphatic carbocycles. The lowest BCUT2D eigenvalue weighted by molar-refractivity contribution is 0.0708. The molecule has 1 amide bonds. The van der Waals surface area contributed by atoms with Gasteiger partial charge in [0.2, 0.25) is 5.78 Å². The maximum atomic E-state index is 13.2. The van der Waals surface area contributed by atoms with Crippen LogP contribution in [0.15, 0.2) is 66.7 Å². The monoisotopic (exact) mass is 360 g/mol. The van der Waals surface area contributed by atoms with Crippen molar-refractivity contribution in [2.24, 2.45) is 0 Å². The number of carbonyl (C=O) groups is 2. The number of carbonyl (C=O) groups excluding carboxylic acids is 2. The second-order valence-electron chi connectivity index (χ2n) is 6.06. The van der Waals surface area contributed by atoms with Crippen molar-refractivity contribution in [3.8, 4) is 5.75 Å². The maximum absolute atomic E-state index is 13.2. The number of pyridine rings is 1. The molecule has 27 heavy (non-hydrogen) atoms. The highest BCUT2D eigenvalue weighted by Gasteiger charge is 2.22. The normalized spacial score (nSPS) is 10.9. The van der Waals surface area contributed by atoms with Gasteiger partial charge in [0.1, 0.15) is 5.75 Å². The Morgan fingerprint density at radius 2 is 1.78 bits per heavy atom. The first-order chi connectivity index (χ1) is 13.1. The fraction of sp³-hybridized carbons (Fsp3) is 0.0476. The van der Waals surface area contributed by atoms with Crippen LogP contribution in [0.1, 0.15) is 26.4 Å². The van der Waals surface area contributed by atoms with E-state index in [1.165, 1.54) is 13.2 Å². The average Bonchev–Trinajstić information content (AvgIpc) is 3.12. The van der Waals surface area contributed by atoms with E-state index in [9.17, 15) is 9.59 Å². The van der Waals surface area contributed by atoms with Crippen LogP contribution in [0, 0.1) is 0 Å². The van der Waals surface area contributed by atoms with Crippen LogP contribution in [-0.2, 0) is 0 Å². The molecule has 2 N–H and O–H groups in total. The number of methoxy groups -OCH3 is 1. The van der Waals surface area contributed by atoms with Gasteiger partial charge in [0.15, 0.2) is 0 Å². The van der Waals surface area contributed by atoms with Crippen molar-refractivity contribution < 1.29 is 19.5 Å². The van der Waals surface area contributed by atoms with Crippen molar-refractivity contribution in [2.45, 2.75) is 0 Å². The van der Waals surface area contributed by atoms with E-state index in [0.29, 0.717) is 22.5 Å². The molecule has 4 aromatic rings. The first-order valence-corrected chi connectivity index (χ1v) is 8.30. The third kappa shape index (κ3) is 2.72. The Morgan fingerprint density at radius 3 is 2.56 bits per heavy atom. The predicted octanol–water partition coefficient (Wildman–Crippen LogP) is 3.45. The van der Waals surface area contributed by atoms with Gasteiger partial charge in [-0.1, -0.05) is 36.4 Å². The summed E-state index contributed by atoms with van der Waals surface area (Å²) >= 11 is 0. The molecule has 2 aromatic carbocycles. The van der Waals surface area contributed by atoms with Crippen LogP contribution in [0.5, 0.6) is 5.75 Å². The molecule has 0 aliphatic rings. The van der Waals surface area contributed by atoms with E-state index in [4.69, 9.17) is 9.94 Å². The van der Waals surface area contributed by atoms with Gasteiger partial charge in [-0.05, 0) is 35.7 Å². The number of para-hydroxylation sites is 1. The summed E-state index contributed by atoms with van der Waals surface area (Å²) < 4.78 is 6.94. The summed E-state index contributed by atoms with van der Waals surface area (Å²) in [6.45, 7) is 0. The second-order valence-corrected chi connectivity index (χ2v) is 6.06. The van der Waals surface area contributed by atoms with Gasteiger partial charge in [-0.3, -0.25) is 14.8 Å². The van der Waals surface area contributed by atoms with Crippen molar-refractivity contribution in [1.29, 1.82) is 0 Å². The maximum Gasteiger partial charge on any atom is 0.276 e. The summed E-state index contributed by atoms with van der Waals surface area (Å²) in [5.74, 6) is -0.357. The predicted molar refractivity (Wildman–Crippen MR) is 101 cm³/mol. The standard InChI is InChI=1S/C21H16N2O4/c1-27-15-7-4-6-14(11-15)20(24)19-12-16(21(25)22-26)18-10-9-13-5-2-3-8-17(13)23(18)19/h2-12,26H,1H3,(H,22,25). The summed E-state index contributed by atoms with van der Waals surface area (Å²) in [5.41, 5.74) is 3.96. The number of amides is 1. The minimum absolute atomic E-state index is 0.217. The number of nitrogens with one attached hydrogen (secondary N) is 1. The Hall–Kier alpha value is -3.64. The molecule has 6 nitrogen and oxygen atoms in total. The van der Waals surface area contributed by atoms with Crippen LogP contribution in [0.2, 0.25) is 0 Å². The number of nitrogens with zero attached hydrogens (tertiary/aromatic N) is 1. The first kappa shape index (κ1) is 16.8. The smallest absolute Gasteiger partial charge is 0.276 e. The Bertz CT molecular complexity index is 1190. The van der Waals surface area contributed by atoms with E-state index >= 15 is 0 Å². The fourth-order valence-electron chi connectivity index (χ4n) is 3.27. The van der Waals surface area contributed by atoms with Crippen molar-refractivity contribution in [1.82, 2.24) is 9.88 Å². The molecular weight excluding hydrogens is 344 g/mol. The van der Waals surface area contributed by atoms with Gasteiger partial charge in [0.25, 0.3) is 5.91 Å². The fourth-order valence-corrected chi connectivity index (χ4v) is 3.27. The molecule has 2 aromatic heterocycles. The molecule has 134 valence electrons. The SMILES string of the molecule is COc1cccc(C(=O)c2cc(C(=O)NO)c3ccc4ccccc4n23)c1. The van der Waals surface area contributed by atoms with Gasteiger partial charge < -0.3 is 9.14 Å². The Balaban J connectivity index is 2.02. The quantitative estimate of drug-likeness (QED) is 0.332. The lowest BCUT2D eigenvalue weighted by Crippen LogP contribution is -2.18. The summed E-state index contributed by atoms with van der Waals surface area (Å²) in [6.07, 6.45) is 0. The lowest BCUT2D eigenvalue weighted by atomic mass is 10.1. The van der Waals surface area contributed by atoms with Crippen LogP contribution in [0.3, 0.4) is 0 Å². The number of ether oxygens (including phenoxy) is 1. The third-order valence-corrected chi connectivity index (χ3v) is 4.55. The number of aromatic nitrogens is 1. The Morgan fingerprint density at radius 1 is 0.963 bits per heavy atom. The number of benzene rings is 2. The topological polar surface area (TPSA) is 80.0 Å². The molecule has 6 heteroatoms. The van der Waals surface area contributed by atoms with Crippen molar-refractivity contribution in [3.63, 3.8) is 0 Å². The van der Waals surface area contributed by atoms with Crippen LogP contribution in [0.25, 0.3) is 16.4 Å². The number of ketones is 1. The van der Waals surface area contributed by atoms with Crippen LogP contribution >= 0.6 is 0 Å². The second kappa shape index (κ2) is 6.59. The molecule has 0 unspecified atom stereocenters. The van der Waals surface area contributed by atoms with Crippen molar-refractivity contribution in [3.05, 3.63) is 83.6 Å². The summed E-state index contributed by atoms with van der Waals surface area (Å²) in [7, 11) is 1.54. The third-order valence-electron chi connectivity index (χ3n) is 4.55. The first-order valence-electron chi connectivity index (χ1n) is 8.30. The van der Waals surface area contributed by atoms with E-state index in [1.54, 1.807) is 40.2 Å². The van der Waals surface area contributed by atoms with E-state index < -0.39 is 5.91 Å². The molecule has 0 aliphatic heterocycles. The van der Waals surface area contributed by atoms with Gasteiger partial charge in [-0.15, -0.1) is 0 Å². The van der Waals surface area contributed by atoms with E-state index in [1.807, 2.05) is 30.3 Å². The highest BCUT2D eigenvalue weighted by molar-refractivity contribution is 6.13. The van der Waals surface area contributed by atoms with Gasteiger partial charge in [-0.2, -0.15) is 0 Å². The van der Waals surface area contributed by atoms with Gasteiger partial charge in [0.05, 0.1) is 29.4 Å². The number of hydroxylamine groups is 1. The Labute approximate surface area is 154 Å². The largest absolute Gasteiger partial charge is 0.497 e. The number of fused-ring (bicyclic) bond motifs is 3. The van der Waals surface area contributed by atoms with Crippen LogP contribution in [0.4, 0.5) is 0 Å². The number of hydrogen-bond acceptors (Lipinski definition) is 4. The summed E-state index contributed by atoms with van der Waals surface area (Å²) in [6, 6.07) is 19.6. The van der Waals surface area contributed by atoms with E-state index in [-0.39, 0.29) is 11.3 Å². The van der Waals surface area contributed by atoms with Crippen molar-refractivity contribution in [2.75, 3.05) is 7.11 Å². The molecule has 0 atom stereocenters. The molecular formula is C21H16N2O4. The molecule has 0 saturated carbocycles. The van der Waals surface area contributed by atoms with E-state index in [0.717, 1.165) is 10.9 Å². The highest BCUT2D eigenvalue weighted by atomic mass is 16.5. The van der Waals surface area contributed by atoms with Crippen LogP contribution < -0.4 is 10.2 Å². The van der Waals surface area contributed by atoms with Crippen molar-refractivity contribution >= 4 is 28.1 Å². The molecule has 0 radical (unpaired) electrons. The Kier molecular flexibility index (Phi) is 4.10. The van der Waals surface area contributed by atoms with Gasteiger partial charge >= 0.3 is 0 Å². The lowest BCUT2D eigenvalue weighted by Gasteiger charge is -2.08. The highest BCUT2D eigenvalue weighted by Crippen LogP contribution is 2.26. The number of hydrogen-bond donors (Lipinski definition) is 2. The molecule has 0 saturated heterocycles. The minimum atomic E-state index is -0.674. The molecule has 0 spiro atoms. The molecule has 0 bridgehead atoms.